The lowest BCUT2D eigenvalue weighted by Gasteiger charge is -2.45. The van der Waals surface area contributed by atoms with Crippen LogP contribution >= 0.6 is 0 Å². The van der Waals surface area contributed by atoms with Gasteiger partial charge in [0.25, 0.3) is 0 Å². The van der Waals surface area contributed by atoms with E-state index in [1.165, 1.54) is 11.8 Å². The van der Waals surface area contributed by atoms with Gasteiger partial charge in [0.2, 0.25) is 5.91 Å². The Balaban J connectivity index is 1.96. The summed E-state index contributed by atoms with van der Waals surface area (Å²) in [5.74, 6) is -1.13. The quantitative estimate of drug-likeness (QED) is 0.482. The van der Waals surface area contributed by atoms with E-state index in [0.717, 1.165) is 0 Å². The summed E-state index contributed by atoms with van der Waals surface area (Å²) in [4.78, 5) is 38.5. The van der Waals surface area contributed by atoms with E-state index in [2.05, 4.69) is 0 Å². The van der Waals surface area contributed by atoms with Crippen molar-refractivity contribution in [1.29, 1.82) is 0 Å². The van der Waals surface area contributed by atoms with Crippen LogP contribution in [0.15, 0.2) is 54.6 Å². The molecular weight excluding hydrogens is 306 g/mol. The highest BCUT2D eigenvalue weighted by atomic mass is 16.5. The molecule has 5 nitrogen and oxygen atoms in total. The molecule has 0 bridgehead atoms. The largest absolute Gasteiger partial charge is 0.497 e. The molecule has 2 aromatic rings. The highest BCUT2D eigenvalue weighted by Crippen LogP contribution is 2.36. The zero-order valence-corrected chi connectivity index (χ0v) is 13.4. The van der Waals surface area contributed by atoms with Crippen molar-refractivity contribution in [2.24, 2.45) is 5.92 Å². The molecule has 0 saturated carbocycles. The number of nitrogens with zero attached hydrogens (tertiary/aromatic N) is 1. The van der Waals surface area contributed by atoms with E-state index in [0.29, 0.717) is 17.0 Å². The van der Waals surface area contributed by atoms with Crippen molar-refractivity contribution in [2.45, 2.75) is 13.0 Å². The van der Waals surface area contributed by atoms with Crippen molar-refractivity contribution < 1.29 is 19.1 Å². The van der Waals surface area contributed by atoms with Crippen LogP contribution in [-0.2, 0) is 9.59 Å². The topological polar surface area (TPSA) is 63.7 Å². The van der Waals surface area contributed by atoms with Crippen LogP contribution in [0.4, 0.5) is 5.69 Å². The predicted octanol–water partition coefficient (Wildman–Crippen LogP) is 2.50. The minimum atomic E-state index is -0.917. The maximum Gasteiger partial charge on any atom is 0.240 e. The van der Waals surface area contributed by atoms with Crippen LogP contribution < -0.4 is 9.64 Å². The van der Waals surface area contributed by atoms with E-state index in [9.17, 15) is 14.4 Å². The van der Waals surface area contributed by atoms with Gasteiger partial charge in [0.15, 0.2) is 5.78 Å². The van der Waals surface area contributed by atoms with E-state index in [-0.39, 0.29) is 17.5 Å². The standard InChI is InChI=1S/C19H17NO4/c1-12(21)16-17(18(22)13-6-4-3-5-7-13)20(19(16)23)14-8-10-15(24-2)11-9-14/h3-11,16-17H,1-2H3/t16-,17+/m0/s1. The number of carbonyl (C=O) groups is 3. The number of β-lactam (4-membered cyclic amide) rings is 1. The molecule has 0 N–H and O–H groups in total. The molecule has 1 amide bonds. The van der Waals surface area contributed by atoms with Crippen molar-refractivity contribution in [1.82, 2.24) is 0 Å². The molecule has 1 fully saturated rings. The molecule has 2 atom stereocenters. The number of methoxy groups -OCH3 is 1. The molecule has 0 radical (unpaired) electrons. The molecule has 0 unspecified atom stereocenters. The zero-order chi connectivity index (χ0) is 17.3. The molecule has 0 aliphatic carbocycles. The SMILES string of the molecule is COc1ccc(N2C(=O)[C@@H](C(C)=O)[C@@H]2C(=O)c2ccccc2)cc1. The summed E-state index contributed by atoms with van der Waals surface area (Å²) in [6.45, 7) is 1.35. The van der Waals surface area contributed by atoms with Gasteiger partial charge in [0.1, 0.15) is 23.5 Å². The molecule has 2 aromatic carbocycles. The number of ketones is 2. The number of hydrogen-bond acceptors (Lipinski definition) is 4. The summed E-state index contributed by atoms with van der Waals surface area (Å²) in [6, 6.07) is 14.8. The summed E-state index contributed by atoms with van der Waals surface area (Å²) < 4.78 is 5.11. The highest BCUT2D eigenvalue weighted by Gasteiger charge is 2.54. The second-order valence-corrected chi connectivity index (χ2v) is 5.67. The molecular formula is C19H17NO4. The molecule has 3 rings (SSSR count). The first kappa shape index (κ1) is 15.9. The summed E-state index contributed by atoms with van der Waals surface area (Å²) >= 11 is 0. The Kier molecular flexibility index (Phi) is 4.16. The van der Waals surface area contributed by atoms with Crippen LogP contribution in [0.25, 0.3) is 0 Å². The van der Waals surface area contributed by atoms with E-state index >= 15 is 0 Å². The normalized spacial score (nSPS) is 19.6. The molecule has 122 valence electrons. The molecule has 5 heteroatoms. The lowest BCUT2D eigenvalue weighted by molar-refractivity contribution is -0.137. The lowest BCUT2D eigenvalue weighted by atomic mass is 9.79. The summed E-state index contributed by atoms with van der Waals surface area (Å²) in [5.41, 5.74) is 1.06. The summed E-state index contributed by atoms with van der Waals surface area (Å²) in [6.07, 6.45) is 0. The van der Waals surface area contributed by atoms with Crippen molar-refractivity contribution >= 4 is 23.2 Å². The number of carbonyl (C=O) groups excluding carboxylic acids is 3. The third-order valence-electron chi connectivity index (χ3n) is 4.21. The minimum Gasteiger partial charge on any atom is -0.497 e. The number of ether oxygens (including phenoxy) is 1. The Morgan fingerprint density at radius 3 is 2.17 bits per heavy atom. The van der Waals surface area contributed by atoms with Crippen LogP contribution in [0.3, 0.4) is 0 Å². The molecule has 1 aliphatic heterocycles. The van der Waals surface area contributed by atoms with Gasteiger partial charge in [-0.25, -0.2) is 0 Å². The minimum absolute atomic E-state index is 0.230. The van der Waals surface area contributed by atoms with E-state index in [1.54, 1.807) is 55.6 Å². The Hall–Kier alpha value is -2.95. The van der Waals surface area contributed by atoms with Crippen LogP contribution in [0, 0.1) is 5.92 Å². The Labute approximate surface area is 139 Å². The average Bonchev–Trinajstić information content (AvgIpc) is 2.60. The first-order valence-corrected chi connectivity index (χ1v) is 7.61. The van der Waals surface area contributed by atoms with Gasteiger partial charge >= 0.3 is 0 Å². The average molecular weight is 323 g/mol. The third kappa shape index (κ3) is 2.58. The monoisotopic (exact) mass is 323 g/mol. The number of benzene rings is 2. The fourth-order valence-corrected chi connectivity index (χ4v) is 2.96. The molecule has 0 spiro atoms. The second-order valence-electron chi connectivity index (χ2n) is 5.67. The smallest absolute Gasteiger partial charge is 0.240 e. The fraction of sp³-hybridized carbons (Fsp3) is 0.211. The molecule has 1 saturated heterocycles. The van der Waals surface area contributed by atoms with E-state index in [4.69, 9.17) is 4.74 Å². The molecule has 0 aromatic heterocycles. The van der Waals surface area contributed by atoms with Gasteiger partial charge < -0.3 is 4.74 Å². The van der Waals surface area contributed by atoms with Gasteiger partial charge in [-0.05, 0) is 31.2 Å². The zero-order valence-electron chi connectivity index (χ0n) is 13.4. The number of amides is 1. The van der Waals surface area contributed by atoms with E-state index < -0.39 is 12.0 Å². The first-order chi connectivity index (χ1) is 11.5. The molecule has 24 heavy (non-hydrogen) atoms. The number of hydrogen-bond donors (Lipinski definition) is 0. The maximum atomic E-state index is 12.8. The van der Waals surface area contributed by atoms with Crippen molar-refractivity contribution in [3.63, 3.8) is 0 Å². The van der Waals surface area contributed by atoms with Gasteiger partial charge in [-0.15, -0.1) is 0 Å². The Morgan fingerprint density at radius 1 is 1.00 bits per heavy atom. The summed E-state index contributed by atoms with van der Waals surface area (Å²) in [5, 5.41) is 0. The predicted molar refractivity (Wildman–Crippen MR) is 89.2 cm³/mol. The van der Waals surface area contributed by atoms with E-state index in [1.807, 2.05) is 6.07 Å². The van der Waals surface area contributed by atoms with Crippen molar-refractivity contribution in [2.75, 3.05) is 12.0 Å². The fourth-order valence-electron chi connectivity index (χ4n) is 2.96. The third-order valence-corrected chi connectivity index (χ3v) is 4.21. The van der Waals surface area contributed by atoms with Gasteiger partial charge in [-0.2, -0.15) is 0 Å². The van der Waals surface area contributed by atoms with Crippen molar-refractivity contribution in [3.05, 3.63) is 60.2 Å². The molecule has 1 heterocycles. The number of anilines is 1. The maximum absolute atomic E-state index is 12.8. The van der Waals surface area contributed by atoms with Crippen LogP contribution in [-0.4, -0.2) is 30.6 Å². The Morgan fingerprint density at radius 2 is 1.62 bits per heavy atom. The number of rotatable bonds is 5. The van der Waals surface area contributed by atoms with Crippen LogP contribution in [0.2, 0.25) is 0 Å². The lowest BCUT2D eigenvalue weighted by Crippen LogP contribution is -2.66. The van der Waals surface area contributed by atoms with Crippen molar-refractivity contribution in [3.8, 4) is 5.75 Å². The highest BCUT2D eigenvalue weighted by molar-refractivity contribution is 6.24. The van der Waals surface area contributed by atoms with Crippen LogP contribution in [0.5, 0.6) is 5.75 Å². The van der Waals surface area contributed by atoms with Gasteiger partial charge in [-0.1, -0.05) is 30.3 Å². The second kappa shape index (κ2) is 6.28. The van der Waals surface area contributed by atoms with Gasteiger partial charge in [0, 0.05) is 11.3 Å². The number of Topliss-reactive ketones (excluding diaryl/α,β-unsaturated/α-hetero) is 2. The Bertz CT molecular complexity index is 783. The first-order valence-electron chi connectivity index (χ1n) is 7.61. The van der Waals surface area contributed by atoms with Gasteiger partial charge in [-0.3, -0.25) is 19.3 Å². The van der Waals surface area contributed by atoms with Gasteiger partial charge in [0.05, 0.1) is 7.11 Å². The summed E-state index contributed by atoms with van der Waals surface area (Å²) in [7, 11) is 1.55. The van der Waals surface area contributed by atoms with Crippen LogP contribution in [0.1, 0.15) is 17.3 Å². The molecule has 1 aliphatic rings.